The van der Waals surface area contributed by atoms with Gasteiger partial charge in [-0.15, -0.1) is 0 Å². The number of ether oxygens (including phenoxy) is 3. The average Bonchev–Trinajstić information content (AvgIpc) is 2.77. The highest BCUT2D eigenvalue weighted by molar-refractivity contribution is 5.72. The Morgan fingerprint density at radius 1 is 0.906 bits per heavy atom. The molecule has 3 aromatic rings. The third-order valence-electron chi connectivity index (χ3n) is 4.96. The summed E-state index contributed by atoms with van der Waals surface area (Å²) in [7, 11) is 1.39. The van der Waals surface area contributed by atoms with E-state index in [9.17, 15) is 9.18 Å². The lowest BCUT2D eigenvalue weighted by atomic mass is 10.0. The largest absolute Gasteiger partial charge is 0.493 e. The van der Waals surface area contributed by atoms with E-state index in [0.29, 0.717) is 31.8 Å². The monoisotopic (exact) mass is 438 g/mol. The molecule has 0 aromatic heterocycles. The molecular weight excluding hydrogens is 411 g/mol. The summed E-state index contributed by atoms with van der Waals surface area (Å²) < 4.78 is 30.0. The van der Waals surface area contributed by atoms with Gasteiger partial charge in [0, 0.05) is 20.0 Å². The Morgan fingerprint density at radius 3 is 2.03 bits per heavy atom. The molecule has 0 aliphatic heterocycles. The molecule has 0 saturated heterocycles. The maximum atomic E-state index is 13.6. The number of hydrogen-bond acceptors (Lipinski definition) is 4. The fraction of sp³-hybridized carbons (Fsp3) is 0.269. The molecule has 0 radical (unpaired) electrons. The fourth-order valence-corrected chi connectivity index (χ4v) is 3.29. The number of hydrogen-bond donors (Lipinski definition) is 1. The maximum Gasteiger partial charge on any atom is 0.333 e. The second-order valence-electron chi connectivity index (χ2n) is 7.50. The van der Waals surface area contributed by atoms with E-state index in [1.165, 1.54) is 19.2 Å². The predicted molar refractivity (Wildman–Crippen MR) is 121 cm³/mol. The molecule has 0 aliphatic rings. The number of methoxy groups -OCH3 is 1. The molecule has 1 N–H and O–H groups in total. The van der Waals surface area contributed by atoms with Crippen molar-refractivity contribution in [2.75, 3.05) is 20.3 Å². The van der Waals surface area contributed by atoms with Gasteiger partial charge < -0.3 is 19.3 Å². The minimum absolute atomic E-state index is 0.241. The normalized spacial score (nSPS) is 11.7. The standard InChI is InChI=1S/C26H27FO5/c1-18-14-21(17-22(27)15-18)20-6-10-24(11-7-20)32-13-3-12-31-23-8-4-19(5-9-23)16-25(30-2)26(28)29/h4-11,14-15,17,25H,3,12-13,16H2,1-2H3,(H,28,29)/t25-/m0/s1. The van der Waals surface area contributed by atoms with Crippen LogP contribution in [-0.2, 0) is 16.0 Å². The van der Waals surface area contributed by atoms with Crippen molar-refractivity contribution in [3.05, 3.63) is 83.7 Å². The summed E-state index contributed by atoms with van der Waals surface area (Å²) in [5.41, 5.74) is 3.53. The lowest BCUT2D eigenvalue weighted by molar-refractivity contribution is -0.148. The summed E-state index contributed by atoms with van der Waals surface area (Å²) in [4.78, 5) is 11.0. The highest BCUT2D eigenvalue weighted by Crippen LogP contribution is 2.24. The summed E-state index contributed by atoms with van der Waals surface area (Å²) in [5.74, 6) is 0.242. The van der Waals surface area contributed by atoms with Crippen molar-refractivity contribution >= 4 is 5.97 Å². The van der Waals surface area contributed by atoms with Crippen LogP contribution in [0.3, 0.4) is 0 Å². The van der Waals surface area contributed by atoms with E-state index >= 15 is 0 Å². The van der Waals surface area contributed by atoms with Crippen LogP contribution in [-0.4, -0.2) is 37.5 Å². The van der Waals surface area contributed by atoms with Gasteiger partial charge in [0.2, 0.25) is 0 Å². The van der Waals surface area contributed by atoms with Crippen molar-refractivity contribution < 1.29 is 28.5 Å². The zero-order chi connectivity index (χ0) is 22.9. The number of rotatable bonds is 11. The van der Waals surface area contributed by atoms with Crippen LogP contribution in [0.5, 0.6) is 11.5 Å². The van der Waals surface area contributed by atoms with Crippen LogP contribution in [0.4, 0.5) is 4.39 Å². The predicted octanol–water partition coefficient (Wildman–Crippen LogP) is 5.29. The molecule has 0 amide bonds. The van der Waals surface area contributed by atoms with Crippen molar-refractivity contribution in [1.29, 1.82) is 0 Å². The quantitative estimate of drug-likeness (QED) is 0.412. The van der Waals surface area contributed by atoms with Gasteiger partial charge in [-0.05, 0) is 65.6 Å². The number of carboxylic acids is 1. The van der Waals surface area contributed by atoms with Crippen LogP contribution in [0.15, 0.2) is 66.7 Å². The zero-order valence-electron chi connectivity index (χ0n) is 18.2. The third-order valence-corrected chi connectivity index (χ3v) is 4.96. The van der Waals surface area contributed by atoms with Crippen molar-refractivity contribution in [2.24, 2.45) is 0 Å². The molecule has 0 saturated carbocycles. The van der Waals surface area contributed by atoms with E-state index in [1.54, 1.807) is 0 Å². The minimum Gasteiger partial charge on any atom is -0.493 e. The molecule has 3 rings (SSSR count). The first-order chi connectivity index (χ1) is 15.4. The lowest BCUT2D eigenvalue weighted by Gasteiger charge is -2.11. The van der Waals surface area contributed by atoms with Crippen LogP contribution in [0.1, 0.15) is 17.5 Å². The van der Waals surface area contributed by atoms with Gasteiger partial charge in [-0.3, -0.25) is 0 Å². The summed E-state index contributed by atoms with van der Waals surface area (Å²) in [6.45, 7) is 2.87. The molecule has 3 aromatic carbocycles. The number of aryl methyl sites for hydroxylation is 1. The molecule has 1 atom stereocenters. The van der Waals surface area contributed by atoms with E-state index in [1.807, 2.05) is 61.5 Å². The van der Waals surface area contributed by atoms with Crippen LogP contribution in [0, 0.1) is 12.7 Å². The second kappa shape index (κ2) is 11.3. The molecule has 32 heavy (non-hydrogen) atoms. The third kappa shape index (κ3) is 6.82. The van der Waals surface area contributed by atoms with Gasteiger partial charge in [0.05, 0.1) is 13.2 Å². The summed E-state index contributed by atoms with van der Waals surface area (Å²) in [6, 6.07) is 19.9. The summed E-state index contributed by atoms with van der Waals surface area (Å²) in [5, 5.41) is 9.05. The van der Waals surface area contributed by atoms with Gasteiger partial charge in [0.15, 0.2) is 6.10 Å². The number of aliphatic carboxylic acids is 1. The first kappa shape index (κ1) is 23.3. The molecular formula is C26H27FO5. The molecule has 168 valence electrons. The Kier molecular flexibility index (Phi) is 8.22. The van der Waals surface area contributed by atoms with Crippen molar-refractivity contribution in [2.45, 2.75) is 25.9 Å². The van der Waals surface area contributed by atoms with Gasteiger partial charge in [0.1, 0.15) is 17.3 Å². The highest BCUT2D eigenvalue weighted by atomic mass is 19.1. The second-order valence-corrected chi connectivity index (χ2v) is 7.50. The van der Waals surface area contributed by atoms with Gasteiger partial charge in [-0.1, -0.05) is 30.3 Å². The molecule has 0 heterocycles. The Bertz CT molecular complexity index is 995. The smallest absolute Gasteiger partial charge is 0.333 e. The topological polar surface area (TPSA) is 65.0 Å². The molecule has 0 unspecified atom stereocenters. The zero-order valence-corrected chi connectivity index (χ0v) is 18.2. The van der Waals surface area contributed by atoms with E-state index in [0.717, 1.165) is 28.0 Å². The van der Waals surface area contributed by atoms with Gasteiger partial charge >= 0.3 is 5.97 Å². The Morgan fingerprint density at radius 2 is 1.50 bits per heavy atom. The van der Waals surface area contributed by atoms with Gasteiger partial charge in [-0.2, -0.15) is 0 Å². The summed E-state index contributed by atoms with van der Waals surface area (Å²) in [6.07, 6.45) is 0.153. The Hall–Kier alpha value is -3.38. The van der Waals surface area contributed by atoms with E-state index in [-0.39, 0.29) is 5.82 Å². The van der Waals surface area contributed by atoms with Gasteiger partial charge in [-0.25, -0.2) is 9.18 Å². The molecule has 0 spiro atoms. The Balaban J connectivity index is 1.40. The van der Waals surface area contributed by atoms with E-state index in [4.69, 9.17) is 19.3 Å². The molecule has 0 fully saturated rings. The van der Waals surface area contributed by atoms with Crippen molar-refractivity contribution in [1.82, 2.24) is 0 Å². The van der Waals surface area contributed by atoms with Crippen LogP contribution in [0.25, 0.3) is 11.1 Å². The average molecular weight is 438 g/mol. The SMILES string of the molecule is CO[C@@H](Cc1ccc(OCCCOc2ccc(-c3cc(C)cc(F)c3)cc2)cc1)C(=O)O. The van der Waals surface area contributed by atoms with Crippen LogP contribution >= 0.6 is 0 Å². The van der Waals surface area contributed by atoms with Gasteiger partial charge in [0.25, 0.3) is 0 Å². The molecule has 5 nitrogen and oxygen atoms in total. The number of carboxylic acid groups (broad SMARTS) is 1. The number of benzene rings is 3. The first-order valence-electron chi connectivity index (χ1n) is 10.4. The Labute approximate surface area is 187 Å². The lowest BCUT2D eigenvalue weighted by Crippen LogP contribution is -2.24. The maximum absolute atomic E-state index is 13.6. The van der Waals surface area contributed by atoms with Crippen LogP contribution < -0.4 is 9.47 Å². The number of halogens is 1. The van der Waals surface area contributed by atoms with E-state index in [2.05, 4.69) is 0 Å². The molecule has 6 heteroatoms. The van der Waals surface area contributed by atoms with E-state index < -0.39 is 12.1 Å². The minimum atomic E-state index is -0.980. The number of carbonyl (C=O) groups is 1. The molecule has 0 aliphatic carbocycles. The first-order valence-corrected chi connectivity index (χ1v) is 10.4. The fourth-order valence-electron chi connectivity index (χ4n) is 3.29. The highest BCUT2D eigenvalue weighted by Gasteiger charge is 2.16. The molecule has 0 bridgehead atoms. The summed E-state index contributed by atoms with van der Waals surface area (Å²) >= 11 is 0. The van der Waals surface area contributed by atoms with Crippen LogP contribution in [0.2, 0.25) is 0 Å². The van der Waals surface area contributed by atoms with Crippen molar-refractivity contribution in [3.8, 4) is 22.6 Å². The van der Waals surface area contributed by atoms with Crippen molar-refractivity contribution in [3.63, 3.8) is 0 Å².